The summed E-state index contributed by atoms with van der Waals surface area (Å²) in [5.41, 5.74) is 8.56. The largest absolute Gasteiger partial charge is 0.394 e. The van der Waals surface area contributed by atoms with Crippen molar-refractivity contribution in [2.75, 3.05) is 17.2 Å². The predicted octanol–water partition coefficient (Wildman–Crippen LogP) is 3.17. The first-order valence-corrected chi connectivity index (χ1v) is 8.11. The molecule has 0 aromatic heterocycles. The molecule has 120 valence electrons. The van der Waals surface area contributed by atoms with E-state index >= 15 is 0 Å². The van der Waals surface area contributed by atoms with Gasteiger partial charge in [-0.3, -0.25) is 9.59 Å². The number of fused-ring (bicyclic) bond motifs is 1. The van der Waals surface area contributed by atoms with Crippen molar-refractivity contribution in [2.24, 2.45) is 0 Å². The lowest BCUT2D eigenvalue weighted by Gasteiger charge is -2.22. The van der Waals surface area contributed by atoms with Crippen molar-refractivity contribution >= 4 is 17.1 Å². The number of hydrogen-bond donors (Lipinski definition) is 1. The molecule has 2 aromatic carbocycles. The molecule has 0 saturated carbocycles. The highest BCUT2D eigenvalue weighted by Gasteiger charge is 2.29. The molecule has 1 heterocycles. The Labute approximate surface area is 132 Å². The van der Waals surface area contributed by atoms with Gasteiger partial charge in [0.2, 0.25) is 0 Å². The van der Waals surface area contributed by atoms with Crippen LogP contribution in [0.3, 0.4) is 0 Å². The van der Waals surface area contributed by atoms with E-state index < -0.39 is 10.9 Å². The number of benzene rings is 1. The minimum atomic E-state index is -0.551. The number of nitrogen functional groups attached to an aromatic ring is 1. The van der Waals surface area contributed by atoms with Crippen molar-refractivity contribution in [2.45, 2.75) is 47.5 Å². The maximum atomic E-state index is 11.6. The van der Waals surface area contributed by atoms with E-state index in [0.29, 0.717) is 5.69 Å². The molecule has 0 bridgehead atoms. The van der Waals surface area contributed by atoms with Gasteiger partial charge in [-0.05, 0) is 30.0 Å². The van der Waals surface area contributed by atoms with Crippen LogP contribution in [0.2, 0.25) is 0 Å². The van der Waals surface area contributed by atoms with Crippen LogP contribution in [0.25, 0.3) is 0 Å². The van der Waals surface area contributed by atoms with Gasteiger partial charge in [-0.25, -0.2) is 0 Å². The van der Waals surface area contributed by atoms with Crippen molar-refractivity contribution in [1.29, 1.82) is 0 Å². The third-order valence-corrected chi connectivity index (χ3v) is 3.64. The molecule has 0 saturated heterocycles. The standard InChI is InChI=1S/C14H14N2O2.2C2H6/c1-2-8-3-4-9-5-6-16(10(9)7-8)12-11(15)13(17)14(12)18;2*1-2/h3-4,7H,2,5-6,15H2,1H3;2*1-2H3. The Kier molecular flexibility index (Phi) is 6.35. The van der Waals surface area contributed by atoms with Crippen molar-refractivity contribution < 1.29 is 0 Å². The molecule has 22 heavy (non-hydrogen) atoms. The van der Waals surface area contributed by atoms with Crippen molar-refractivity contribution in [3.63, 3.8) is 0 Å². The second kappa shape index (κ2) is 7.78. The summed E-state index contributed by atoms with van der Waals surface area (Å²) < 4.78 is 0. The van der Waals surface area contributed by atoms with Gasteiger partial charge in [0.1, 0.15) is 11.4 Å². The molecule has 2 N–H and O–H groups in total. The molecule has 0 aliphatic carbocycles. The normalized spacial score (nSPS) is 12.1. The number of rotatable bonds is 2. The van der Waals surface area contributed by atoms with Gasteiger partial charge in [-0.15, -0.1) is 0 Å². The molecular weight excluding hydrogens is 276 g/mol. The van der Waals surface area contributed by atoms with Crippen LogP contribution in [0, 0.1) is 0 Å². The number of anilines is 3. The molecule has 4 nitrogen and oxygen atoms in total. The summed E-state index contributed by atoms with van der Waals surface area (Å²) in [6, 6.07) is 6.28. The molecule has 0 amide bonds. The van der Waals surface area contributed by atoms with E-state index in [1.807, 2.05) is 32.6 Å². The zero-order valence-electron chi connectivity index (χ0n) is 14.2. The molecule has 3 rings (SSSR count). The van der Waals surface area contributed by atoms with E-state index in [4.69, 9.17) is 5.73 Å². The topological polar surface area (TPSA) is 63.4 Å². The Morgan fingerprint density at radius 3 is 2.27 bits per heavy atom. The molecule has 1 aliphatic rings. The van der Waals surface area contributed by atoms with Gasteiger partial charge >= 0.3 is 0 Å². The van der Waals surface area contributed by atoms with Gasteiger partial charge in [-0.1, -0.05) is 46.8 Å². The third kappa shape index (κ3) is 2.91. The van der Waals surface area contributed by atoms with E-state index in [2.05, 4.69) is 25.1 Å². The van der Waals surface area contributed by atoms with Crippen molar-refractivity contribution in [3.05, 3.63) is 49.8 Å². The maximum Gasteiger partial charge on any atom is 0.253 e. The van der Waals surface area contributed by atoms with E-state index in [1.165, 1.54) is 11.1 Å². The minimum Gasteiger partial charge on any atom is -0.394 e. The highest BCUT2D eigenvalue weighted by molar-refractivity contribution is 5.81. The van der Waals surface area contributed by atoms with Crippen molar-refractivity contribution in [3.8, 4) is 0 Å². The fourth-order valence-corrected chi connectivity index (χ4v) is 2.54. The lowest BCUT2D eigenvalue weighted by atomic mass is 10.1. The van der Waals surface area contributed by atoms with Crippen LogP contribution in [0.4, 0.5) is 17.1 Å². The summed E-state index contributed by atoms with van der Waals surface area (Å²) >= 11 is 0. The summed E-state index contributed by atoms with van der Waals surface area (Å²) in [4.78, 5) is 24.7. The summed E-state index contributed by atoms with van der Waals surface area (Å²) in [6.07, 6.45) is 1.83. The number of hydrogen-bond acceptors (Lipinski definition) is 4. The van der Waals surface area contributed by atoms with Gasteiger partial charge in [0.15, 0.2) is 0 Å². The molecule has 2 aromatic rings. The zero-order chi connectivity index (χ0) is 16.9. The minimum absolute atomic E-state index is 0.106. The van der Waals surface area contributed by atoms with E-state index in [1.54, 1.807) is 0 Å². The van der Waals surface area contributed by atoms with Gasteiger partial charge in [0.05, 0.1) is 0 Å². The second-order valence-corrected chi connectivity index (χ2v) is 4.64. The van der Waals surface area contributed by atoms with Gasteiger partial charge in [0.25, 0.3) is 10.9 Å². The Bertz CT molecular complexity index is 697. The monoisotopic (exact) mass is 302 g/mol. The van der Waals surface area contributed by atoms with Crippen LogP contribution in [0.1, 0.15) is 45.7 Å². The second-order valence-electron chi connectivity index (χ2n) is 4.64. The SMILES string of the molecule is CC.CC.CCc1ccc2c(c1)N(c1c(N)c(=O)c1=O)CC2. The summed E-state index contributed by atoms with van der Waals surface area (Å²) in [5.74, 6) is 0. The average molecular weight is 302 g/mol. The molecule has 1 aliphatic heterocycles. The van der Waals surface area contributed by atoms with Crippen molar-refractivity contribution in [1.82, 2.24) is 0 Å². The van der Waals surface area contributed by atoms with Gasteiger partial charge in [0, 0.05) is 12.2 Å². The van der Waals surface area contributed by atoms with Crippen LogP contribution in [-0.4, -0.2) is 6.54 Å². The van der Waals surface area contributed by atoms with Gasteiger partial charge in [-0.2, -0.15) is 0 Å². The van der Waals surface area contributed by atoms with E-state index in [-0.39, 0.29) is 5.69 Å². The zero-order valence-corrected chi connectivity index (χ0v) is 14.2. The maximum absolute atomic E-state index is 11.6. The van der Waals surface area contributed by atoms with Crippen LogP contribution in [0.15, 0.2) is 27.8 Å². The summed E-state index contributed by atoms with van der Waals surface area (Å²) in [7, 11) is 0. The summed E-state index contributed by atoms with van der Waals surface area (Å²) in [6.45, 7) is 10.8. The first kappa shape index (κ1) is 18.0. The Hall–Kier alpha value is -2.10. The molecule has 0 radical (unpaired) electrons. The molecule has 0 spiro atoms. The third-order valence-electron chi connectivity index (χ3n) is 3.64. The quantitative estimate of drug-likeness (QED) is 0.865. The molecular formula is C18H26N2O2. The summed E-state index contributed by atoms with van der Waals surface area (Å²) in [5, 5.41) is 0. The van der Waals surface area contributed by atoms with Crippen LogP contribution < -0.4 is 21.5 Å². The highest BCUT2D eigenvalue weighted by Crippen LogP contribution is 2.35. The number of nitrogens with zero attached hydrogens (tertiary/aromatic N) is 1. The van der Waals surface area contributed by atoms with Crippen LogP contribution >= 0.6 is 0 Å². The van der Waals surface area contributed by atoms with Crippen LogP contribution in [-0.2, 0) is 12.8 Å². The van der Waals surface area contributed by atoms with Gasteiger partial charge < -0.3 is 10.6 Å². The average Bonchev–Trinajstić information content (AvgIpc) is 3.01. The van der Waals surface area contributed by atoms with Crippen LogP contribution in [0.5, 0.6) is 0 Å². The van der Waals surface area contributed by atoms with E-state index in [9.17, 15) is 9.59 Å². The van der Waals surface area contributed by atoms with E-state index in [0.717, 1.165) is 25.1 Å². The smallest absolute Gasteiger partial charge is 0.253 e. The first-order chi connectivity index (χ1) is 10.6. The fraction of sp³-hybridized carbons (Fsp3) is 0.444. The molecule has 4 heteroatoms. The molecule has 0 unspecified atom stereocenters. The lowest BCUT2D eigenvalue weighted by Crippen LogP contribution is -2.40. The number of nitrogens with two attached hydrogens (primary N) is 1. The highest BCUT2D eigenvalue weighted by atomic mass is 16.2. The molecule has 0 atom stereocenters. The molecule has 0 fully saturated rings. The predicted molar refractivity (Wildman–Crippen MR) is 95.0 cm³/mol. The number of aryl methyl sites for hydroxylation is 1. The Morgan fingerprint density at radius 2 is 1.73 bits per heavy atom. The Morgan fingerprint density at radius 1 is 1.09 bits per heavy atom. The fourth-order valence-electron chi connectivity index (χ4n) is 2.54. The lowest BCUT2D eigenvalue weighted by molar-refractivity contribution is 0.987. The first-order valence-electron chi connectivity index (χ1n) is 8.11. The Balaban J connectivity index is 0.000000561.